The molecule has 5 rings (SSSR count). The first kappa shape index (κ1) is 22.8. The number of anilines is 4. The SMILES string of the molecule is C=CC(=O)Nc1ccnc(-c2c(Cl)ccc3cnc(Nc4ccc(N5CCOCC5)cc4)nc23)c1. The molecule has 2 aromatic carbocycles. The van der Waals surface area contributed by atoms with E-state index in [0.29, 0.717) is 33.4 Å². The lowest BCUT2D eigenvalue weighted by Crippen LogP contribution is -2.36. The molecule has 0 spiro atoms. The summed E-state index contributed by atoms with van der Waals surface area (Å²) < 4.78 is 5.43. The number of carbonyl (C=O) groups is 1. The van der Waals surface area contributed by atoms with E-state index in [4.69, 9.17) is 21.3 Å². The van der Waals surface area contributed by atoms with Gasteiger partial charge in [-0.3, -0.25) is 9.78 Å². The Labute approximate surface area is 207 Å². The third-order valence-electron chi connectivity index (χ3n) is 5.67. The maximum atomic E-state index is 11.7. The molecule has 0 bridgehead atoms. The molecule has 3 heterocycles. The Morgan fingerprint density at radius 2 is 1.86 bits per heavy atom. The van der Waals surface area contributed by atoms with Gasteiger partial charge in [0.25, 0.3) is 0 Å². The summed E-state index contributed by atoms with van der Waals surface area (Å²) in [4.78, 5) is 27.7. The molecule has 1 fully saturated rings. The molecule has 0 aliphatic carbocycles. The lowest BCUT2D eigenvalue weighted by atomic mass is 10.1. The lowest BCUT2D eigenvalue weighted by molar-refractivity contribution is -0.111. The highest BCUT2D eigenvalue weighted by atomic mass is 35.5. The molecule has 0 radical (unpaired) electrons. The van der Waals surface area contributed by atoms with Crippen molar-refractivity contribution in [2.45, 2.75) is 0 Å². The summed E-state index contributed by atoms with van der Waals surface area (Å²) in [5, 5.41) is 7.33. The van der Waals surface area contributed by atoms with Gasteiger partial charge in [-0.1, -0.05) is 18.2 Å². The van der Waals surface area contributed by atoms with Gasteiger partial charge in [0, 0.05) is 53.5 Å². The highest BCUT2D eigenvalue weighted by Crippen LogP contribution is 2.34. The molecule has 2 N–H and O–H groups in total. The van der Waals surface area contributed by atoms with Crippen LogP contribution in [0.4, 0.5) is 23.0 Å². The Bertz CT molecular complexity index is 1390. The van der Waals surface area contributed by atoms with Crippen LogP contribution in [0.3, 0.4) is 0 Å². The fraction of sp³-hybridized carbons (Fsp3) is 0.154. The topological polar surface area (TPSA) is 92.3 Å². The van der Waals surface area contributed by atoms with E-state index in [0.717, 1.165) is 43.1 Å². The molecule has 1 saturated heterocycles. The largest absolute Gasteiger partial charge is 0.378 e. The Balaban J connectivity index is 1.45. The number of carbonyl (C=O) groups excluding carboxylic acids is 1. The molecule has 8 nitrogen and oxygen atoms in total. The number of nitrogens with one attached hydrogen (secondary N) is 2. The van der Waals surface area contributed by atoms with E-state index in [-0.39, 0.29) is 5.91 Å². The fourth-order valence-corrected chi connectivity index (χ4v) is 4.17. The fourth-order valence-electron chi connectivity index (χ4n) is 3.92. The summed E-state index contributed by atoms with van der Waals surface area (Å²) in [6, 6.07) is 15.3. The predicted molar refractivity (Wildman–Crippen MR) is 139 cm³/mol. The third-order valence-corrected chi connectivity index (χ3v) is 5.99. The quantitative estimate of drug-likeness (QED) is 0.368. The van der Waals surface area contributed by atoms with E-state index in [1.54, 1.807) is 30.6 Å². The second-order valence-electron chi connectivity index (χ2n) is 7.95. The van der Waals surface area contributed by atoms with E-state index in [2.05, 4.69) is 44.2 Å². The third kappa shape index (κ3) is 5.08. The van der Waals surface area contributed by atoms with Crippen LogP contribution >= 0.6 is 11.6 Å². The Kier molecular flexibility index (Phi) is 6.56. The normalized spacial score (nSPS) is 13.5. The number of rotatable bonds is 6. The number of halogens is 1. The van der Waals surface area contributed by atoms with E-state index >= 15 is 0 Å². The molecule has 9 heteroatoms. The average molecular weight is 487 g/mol. The summed E-state index contributed by atoms with van der Waals surface area (Å²) in [5.41, 5.74) is 4.51. The Hall–Kier alpha value is -4.01. The number of ether oxygens (including phenoxy) is 1. The van der Waals surface area contributed by atoms with Crippen LogP contribution in [0.1, 0.15) is 0 Å². The first-order valence-corrected chi connectivity index (χ1v) is 11.5. The van der Waals surface area contributed by atoms with Gasteiger partial charge in [0.1, 0.15) is 0 Å². The number of hydrogen-bond donors (Lipinski definition) is 2. The van der Waals surface area contributed by atoms with Crippen LogP contribution in [0.2, 0.25) is 5.02 Å². The minimum atomic E-state index is -0.306. The lowest BCUT2D eigenvalue weighted by Gasteiger charge is -2.28. The monoisotopic (exact) mass is 486 g/mol. The van der Waals surface area contributed by atoms with Gasteiger partial charge in [-0.25, -0.2) is 9.97 Å². The summed E-state index contributed by atoms with van der Waals surface area (Å²) in [6.45, 7) is 6.74. The Morgan fingerprint density at radius 1 is 1.06 bits per heavy atom. The van der Waals surface area contributed by atoms with Crippen molar-refractivity contribution in [3.63, 3.8) is 0 Å². The standard InChI is InChI=1S/C26H23ClN6O2/c1-2-23(34)30-19-9-10-28-22(15-19)24-21(27)8-3-17-16-29-26(32-25(17)24)31-18-4-6-20(7-5-18)33-11-13-35-14-12-33/h2-10,15-16H,1,11-14H2,(H,28,30,34)(H,29,31,32). The minimum absolute atomic E-state index is 0.306. The molecule has 176 valence electrons. The summed E-state index contributed by atoms with van der Waals surface area (Å²) in [7, 11) is 0. The molecule has 0 unspecified atom stereocenters. The summed E-state index contributed by atoms with van der Waals surface area (Å²) in [5.74, 6) is 0.135. The van der Waals surface area contributed by atoms with Gasteiger partial charge < -0.3 is 20.3 Å². The van der Waals surface area contributed by atoms with Gasteiger partial charge in [-0.05, 0) is 54.6 Å². The van der Waals surface area contributed by atoms with Crippen molar-refractivity contribution in [2.24, 2.45) is 0 Å². The first-order chi connectivity index (χ1) is 17.1. The maximum Gasteiger partial charge on any atom is 0.247 e. The Morgan fingerprint density at radius 3 is 2.63 bits per heavy atom. The predicted octanol–water partition coefficient (Wildman–Crippen LogP) is 5.05. The van der Waals surface area contributed by atoms with Crippen LogP contribution < -0.4 is 15.5 Å². The minimum Gasteiger partial charge on any atom is -0.378 e. The van der Waals surface area contributed by atoms with Gasteiger partial charge in [0.05, 0.1) is 29.4 Å². The van der Waals surface area contributed by atoms with Crippen LogP contribution in [0.25, 0.3) is 22.2 Å². The second-order valence-corrected chi connectivity index (χ2v) is 8.36. The highest BCUT2D eigenvalue weighted by Gasteiger charge is 2.15. The summed E-state index contributed by atoms with van der Waals surface area (Å²) in [6.07, 6.45) is 4.57. The van der Waals surface area contributed by atoms with Gasteiger partial charge >= 0.3 is 0 Å². The zero-order valence-electron chi connectivity index (χ0n) is 18.9. The molecule has 0 saturated carbocycles. The van der Waals surface area contributed by atoms with Crippen LogP contribution in [0.5, 0.6) is 0 Å². The molecular weight excluding hydrogens is 464 g/mol. The van der Waals surface area contributed by atoms with Crippen LogP contribution in [-0.4, -0.2) is 47.2 Å². The van der Waals surface area contributed by atoms with Crippen molar-refractivity contribution >= 4 is 51.4 Å². The van der Waals surface area contributed by atoms with Crippen LogP contribution in [0.15, 0.2) is 73.6 Å². The van der Waals surface area contributed by atoms with Crippen molar-refractivity contribution in [1.82, 2.24) is 15.0 Å². The summed E-state index contributed by atoms with van der Waals surface area (Å²) >= 11 is 6.59. The van der Waals surface area contributed by atoms with Crippen molar-refractivity contribution in [1.29, 1.82) is 0 Å². The first-order valence-electron chi connectivity index (χ1n) is 11.2. The zero-order chi connectivity index (χ0) is 24.2. The second kappa shape index (κ2) is 10.1. The van der Waals surface area contributed by atoms with E-state index in [9.17, 15) is 4.79 Å². The number of hydrogen-bond acceptors (Lipinski definition) is 7. The molecule has 1 amide bonds. The van der Waals surface area contributed by atoms with Gasteiger partial charge in [0.2, 0.25) is 11.9 Å². The van der Waals surface area contributed by atoms with Gasteiger partial charge in [0.15, 0.2) is 0 Å². The maximum absolute atomic E-state index is 11.7. The smallest absolute Gasteiger partial charge is 0.247 e. The molecule has 35 heavy (non-hydrogen) atoms. The van der Waals surface area contributed by atoms with Crippen molar-refractivity contribution in [3.8, 4) is 11.3 Å². The molecule has 1 aliphatic rings. The number of benzene rings is 2. The van der Waals surface area contributed by atoms with Crippen molar-refractivity contribution in [3.05, 3.63) is 78.6 Å². The molecule has 1 aliphatic heterocycles. The number of aromatic nitrogens is 3. The van der Waals surface area contributed by atoms with Gasteiger partial charge in [-0.15, -0.1) is 0 Å². The number of nitrogens with zero attached hydrogens (tertiary/aromatic N) is 4. The molecule has 2 aromatic heterocycles. The number of amides is 1. The molecule has 0 atom stereocenters. The zero-order valence-corrected chi connectivity index (χ0v) is 19.6. The van der Waals surface area contributed by atoms with E-state index < -0.39 is 0 Å². The van der Waals surface area contributed by atoms with E-state index in [1.165, 1.54) is 6.08 Å². The van der Waals surface area contributed by atoms with E-state index in [1.807, 2.05) is 18.2 Å². The van der Waals surface area contributed by atoms with Crippen LogP contribution in [0, 0.1) is 0 Å². The average Bonchev–Trinajstić information content (AvgIpc) is 2.89. The number of fused-ring (bicyclic) bond motifs is 1. The van der Waals surface area contributed by atoms with Gasteiger partial charge in [-0.2, -0.15) is 0 Å². The van der Waals surface area contributed by atoms with Crippen LogP contribution in [-0.2, 0) is 9.53 Å². The highest BCUT2D eigenvalue weighted by molar-refractivity contribution is 6.34. The number of pyridine rings is 1. The van der Waals surface area contributed by atoms with Crippen molar-refractivity contribution in [2.75, 3.05) is 41.8 Å². The van der Waals surface area contributed by atoms with Crippen molar-refractivity contribution < 1.29 is 9.53 Å². The molecular formula is C26H23ClN6O2. The number of morpholine rings is 1. The molecule has 4 aromatic rings.